The van der Waals surface area contributed by atoms with E-state index in [1.807, 2.05) is 6.92 Å². The minimum Gasteiger partial charge on any atom is -0.390 e. The van der Waals surface area contributed by atoms with Crippen molar-refractivity contribution >= 4 is 0 Å². The van der Waals surface area contributed by atoms with Gasteiger partial charge in [0.1, 0.15) is 0 Å². The first kappa shape index (κ1) is 12.0. The van der Waals surface area contributed by atoms with Crippen LogP contribution in [0.4, 0.5) is 0 Å². The predicted octanol–water partition coefficient (Wildman–Crippen LogP) is 1.94. The maximum atomic E-state index is 10.3. The molecular weight excluding hydrogens is 180 g/mol. The van der Waals surface area contributed by atoms with Crippen LogP contribution in [0.3, 0.4) is 0 Å². The van der Waals surface area contributed by atoms with E-state index < -0.39 is 5.60 Å². The van der Waals surface area contributed by atoms with Gasteiger partial charge in [-0.25, -0.2) is 0 Å². The molecule has 14 heavy (non-hydrogen) atoms. The zero-order chi connectivity index (χ0) is 10.6. The van der Waals surface area contributed by atoms with Crippen molar-refractivity contribution in [1.29, 1.82) is 0 Å². The molecule has 0 spiro atoms. The Morgan fingerprint density at radius 3 is 2.21 bits per heavy atom. The topological polar surface area (TPSA) is 38.7 Å². The van der Waals surface area contributed by atoms with E-state index in [1.165, 1.54) is 12.8 Å². The quantitative estimate of drug-likeness (QED) is 0.692. The van der Waals surface area contributed by atoms with Gasteiger partial charge in [0.2, 0.25) is 0 Å². The van der Waals surface area contributed by atoms with Crippen LogP contribution in [0.5, 0.6) is 0 Å². The molecule has 0 saturated heterocycles. The molecule has 0 aromatic carbocycles. The number of methoxy groups -OCH3 is 2. The maximum Gasteiger partial charge on any atom is 0.159 e. The summed E-state index contributed by atoms with van der Waals surface area (Å²) in [4.78, 5) is 0. The SMILES string of the molecule is COC(CC(C)(O)C1CCCC1)OC. The van der Waals surface area contributed by atoms with Crippen LogP contribution < -0.4 is 0 Å². The molecule has 3 nitrogen and oxygen atoms in total. The minimum atomic E-state index is -0.646. The molecule has 0 aliphatic heterocycles. The lowest BCUT2D eigenvalue weighted by molar-refractivity contribution is -0.151. The number of hydrogen-bond donors (Lipinski definition) is 1. The highest BCUT2D eigenvalue weighted by Gasteiger charge is 2.36. The Morgan fingerprint density at radius 1 is 1.29 bits per heavy atom. The molecule has 84 valence electrons. The van der Waals surface area contributed by atoms with Gasteiger partial charge in [0.05, 0.1) is 5.60 Å². The van der Waals surface area contributed by atoms with E-state index in [0.29, 0.717) is 12.3 Å². The van der Waals surface area contributed by atoms with E-state index in [4.69, 9.17) is 9.47 Å². The summed E-state index contributed by atoms with van der Waals surface area (Å²) in [6.45, 7) is 1.90. The molecule has 0 aromatic heterocycles. The summed E-state index contributed by atoms with van der Waals surface area (Å²) in [6, 6.07) is 0. The summed E-state index contributed by atoms with van der Waals surface area (Å²) < 4.78 is 10.2. The third-order valence-electron chi connectivity index (χ3n) is 3.34. The monoisotopic (exact) mass is 202 g/mol. The second-order valence-electron chi connectivity index (χ2n) is 4.44. The number of hydrogen-bond acceptors (Lipinski definition) is 3. The van der Waals surface area contributed by atoms with Gasteiger partial charge >= 0.3 is 0 Å². The van der Waals surface area contributed by atoms with E-state index in [1.54, 1.807) is 14.2 Å². The van der Waals surface area contributed by atoms with Crippen molar-refractivity contribution in [3.63, 3.8) is 0 Å². The summed E-state index contributed by atoms with van der Waals surface area (Å²) in [5.74, 6) is 0.412. The van der Waals surface area contributed by atoms with Gasteiger partial charge in [-0.05, 0) is 25.7 Å². The zero-order valence-corrected chi connectivity index (χ0v) is 9.45. The molecule has 1 N–H and O–H groups in total. The maximum absolute atomic E-state index is 10.3. The van der Waals surface area contributed by atoms with Crippen molar-refractivity contribution in [3.8, 4) is 0 Å². The summed E-state index contributed by atoms with van der Waals surface area (Å²) in [5.41, 5.74) is -0.646. The molecule has 0 heterocycles. The van der Waals surface area contributed by atoms with Crippen molar-refractivity contribution < 1.29 is 14.6 Å². The lowest BCUT2D eigenvalue weighted by Crippen LogP contribution is -2.38. The van der Waals surface area contributed by atoms with E-state index in [0.717, 1.165) is 12.8 Å². The van der Waals surface area contributed by atoms with Crippen molar-refractivity contribution in [2.75, 3.05) is 14.2 Å². The average Bonchev–Trinajstić information content (AvgIpc) is 2.67. The Kier molecular flexibility index (Phi) is 4.35. The third kappa shape index (κ3) is 2.94. The lowest BCUT2D eigenvalue weighted by Gasteiger charge is -2.32. The highest BCUT2D eigenvalue weighted by Crippen LogP contribution is 2.36. The highest BCUT2D eigenvalue weighted by molar-refractivity contribution is 4.86. The van der Waals surface area contributed by atoms with Gasteiger partial charge in [-0.3, -0.25) is 0 Å². The Labute approximate surface area is 86.4 Å². The van der Waals surface area contributed by atoms with E-state index >= 15 is 0 Å². The van der Waals surface area contributed by atoms with E-state index in [-0.39, 0.29) is 6.29 Å². The van der Waals surface area contributed by atoms with Gasteiger partial charge in [-0.2, -0.15) is 0 Å². The smallest absolute Gasteiger partial charge is 0.159 e. The van der Waals surface area contributed by atoms with Gasteiger partial charge in [0, 0.05) is 20.6 Å². The first-order chi connectivity index (χ1) is 6.60. The molecule has 0 radical (unpaired) electrons. The largest absolute Gasteiger partial charge is 0.390 e. The summed E-state index contributed by atoms with van der Waals surface area (Å²) in [6.07, 6.45) is 5.02. The van der Waals surface area contributed by atoms with Crippen LogP contribution in [0.15, 0.2) is 0 Å². The van der Waals surface area contributed by atoms with Crippen LogP contribution in [0.1, 0.15) is 39.0 Å². The standard InChI is InChI=1S/C11H22O3/c1-11(12,8-10(13-2)14-3)9-6-4-5-7-9/h9-10,12H,4-8H2,1-3H3. The molecule has 1 unspecified atom stereocenters. The predicted molar refractivity (Wildman–Crippen MR) is 55.0 cm³/mol. The van der Waals surface area contributed by atoms with E-state index in [2.05, 4.69) is 0 Å². The molecule has 1 atom stereocenters. The molecule has 1 aliphatic rings. The third-order valence-corrected chi connectivity index (χ3v) is 3.34. The van der Waals surface area contributed by atoms with Crippen LogP contribution in [0.2, 0.25) is 0 Å². The molecule has 1 saturated carbocycles. The van der Waals surface area contributed by atoms with Crippen molar-refractivity contribution in [3.05, 3.63) is 0 Å². The van der Waals surface area contributed by atoms with Crippen molar-refractivity contribution in [2.24, 2.45) is 5.92 Å². The van der Waals surface area contributed by atoms with Crippen LogP contribution in [-0.4, -0.2) is 31.2 Å². The van der Waals surface area contributed by atoms with Crippen molar-refractivity contribution in [1.82, 2.24) is 0 Å². The fourth-order valence-electron chi connectivity index (χ4n) is 2.31. The minimum absolute atomic E-state index is 0.286. The molecule has 0 aromatic rings. The Morgan fingerprint density at radius 2 is 1.79 bits per heavy atom. The molecule has 3 heteroatoms. The number of rotatable bonds is 5. The number of ether oxygens (including phenoxy) is 2. The number of aliphatic hydroxyl groups is 1. The molecule has 1 aliphatic carbocycles. The van der Waals surface area contributed by atoms with Gasteiger partial charge in [-0.15, -0.1) is 0 Å². The second-order valence-corrected chi connectivity index (χ2v) is 4.44. The fourth-order valence-corrected chi connectivity index (χ4v) is 2.31. The fraction of sp³-hybridized carbons (Fsp3) is 1.00. The highest BCUT2D eigenvalue weighted by atomic mass is 16.7. The molecular formula is C11H22O3. The van der Waals surface area contributed by atoms with Gasteiger partial charge < -0.3 is 14.6 Å². The molecule has 1 fully saturated rings. The van der Waals surface area contributed by atoms with Gasteiger partial charge in [0.15, 0.2) is 6.29 Å². The average molecular weight is 202 g/mol. The van der Waals surface area contributed by atoms with Crippen LogP contribution >= 0.6 is 0 Å². The Hall–Kier alpha value is -0.120. The summed E-state index contributed by atoms with van der Waals surface area (Å²) in [7, 11) is 3.22. The zero-order valence-electron chi connectivity index (χ0n) is 9.45. The Balaban J connectivity index is 2.46. The second kappa shape index (κ2) is 5.10. The first-order valence-electron chi connectivity index (χ1n) is 5.38. The van der Waals surface area contributed by atoms with Gasteiger partial charge in [-0.1, -0.05) is 12.8 Å². The lowest BCUT2D eigenvalue weighted by atomic mass is 9.85. The summed E-state index contributed by atoms with van der Waals surface area (Å²) in [5, 5.41) is 10.3. The van der Waals surface area contributed by atoms with Crippen LogP contribution in [0, 0.1) is 5.92 Å². The molecule has 0 bridgehead atoms. The van der Waals surface area contributed by atoms with Gasteiger partial charge in [0.25, 0.3) is 0 Å². The van der Waals surface area contributed by atoms with E-state index in [9.17, 15) is 5.11 Å². The normalized spacial score (nSPS) is 22.9. The summed E-state index contributed by atoms with van der Waals surface area (Å²) >= 11 is 0. The Bertz CT molecular complexity index is 158. The van der Waals surface area contributed by atoms with Crippen LogP contribution in [-0.2, 0) is 9.47 Å². The first-order valence-corrected chi connectivity index (χ1v) is 5.38. The van der Waals surface area contributed by atoms with Crippen LogP contribution in [0.25, 0.3) is 0 Å². The molecule has 1 rings (SSSR count). The van der Waals surface area contributed by atoms with Crippen molar-refractivity contribution in [2.45, 2.75) is 50.9 Å². The molecule has 0 amide bonds.